The lowest BCUT2D eigenvalue weighted by molar-refractivity contribution is 0.0946. The maximum absolute atomic E-state index is 12.7. The Morgan fingerprint density at radius 3 is 2.38 bits per heavy atom. The Balaban J connectivity index is 1.76. The quantitative estimate of drug-likeness (QED) is 0.776. The predicted octanol–water partition coefficient (Wildman–Crippen LogP) is 3.99. The smallest absolute Gasteiger partial charge is 0.252 e. The summed E-state index contributed by atoms with van der Waals surface area (Å²) in [6, 6.07) is 14.1. The summed E-state index contributed by atoms with van der Waals surface area (Å²) in [5, 5.41) is 3.62. The average molecular weight is 392 g/mol. The molecule has 2 aromatic carbocycles. The van der Waals surface area contributed by atoms with Gasteiger partial charge in [-0.2, -0.15) is 0 Å². The highest BCUT2D eigenvalue weighted by Crippen LogP contribution is 2.47. The maximum atomic E-state index is 12.7. The molecular weight excluding hydrogens is 370 g/mol. The SMILES string of the molecule is CCCS(=O)(=O)c1ccccc1C(=O)NCC1(c2ccc(Cl)cc2)CC1. The van der Waals surface area contributed by atoms with Crippen molar-refractivity contribution in [2.24, 2.45) is 0 Å². The third kappa shape index (κ3) is 3.94. The van der Waals surface area contributed by atoms with Crippen molar-refractivity contribution in [3.05, 3.63) is 64.7 Å². The zero-order valence-electron chi connectivity index (χ0n) is 14.7. The fraction of sp³-hybridized carbons (Fsp3) is 0.350. The molecule has 1 amide bonds. The van der Waals surface area contributed by atoms with Gasteiger partial charge in [-0.15, -0.1) is 0 Å². The minimum Gasteiger partial charge on any atom is -0.351 e. The van der Waals surface area contributed by atoms with E-state index in [1.807, 2.05) is 31.2 Å². The van der Waals surface area contributed by atoms with Crippen molar-refractivity contribution < 1.29 is 13.2 Å². The van der Waals surface area contributed by atoms with E-state index in [9.17, 15) is 13.2 Å². The van der Waals surface area contributed by atoms with Gasteiger partial charge in [0.25, 0.3) is 5.91 Å². The van der Waals surface area contributed by atoms with E-state index in [1.165, 1.54) is 6.07 Å². The summed E-state index contributed by atoms with van der Waals surface area (Å²) in [5.74, 6) is -0.313. The number of halogens is 1. The summed E-state index contributed by atoms with van der Waals surface area (Å²) in [6.07, 6.45) is 2.49. The molecule has 1 aliphatic rings. The number of carbonyl (C=O) groups is 1. The molecule has 0 unspecified atom stereocenters. The number of nitrogens with one attached hydrogen (secondary N) is 1. The molecule has 138 valence electrons. The molecule has 0 heterocycles. The molecule has 6 heteroatoms. The van der Waals surface area contributed by atoms with Gasteiger partial charge in [-0.25, -0.2) is 8.42 Å². The number of sulfone groups is 1. The van der Waals surface area contributed by atoms with E-state index in [4.69, 9.17) is 11.6 Å². The van der Waals surface area contributed by atoms with E-state index in [1.54, 1.807) is 18.2 Å². The van der Waals surface area contributed by atoms with Crippen molar-refractivity contribution >= 4 is 27.3 Å². The molecule has 0 atom stereocenters. The first-order chi connectivity index (χ1) is 12.4. The van der Waals surface area contributed by atoms with Crippen molar-refractivity contribution in [1.82, 2.24) is 5.32 Å². The maximum Gasteiger partial charge on any atom is 0.252 e. The van der Waals surface area contributed by atoms with Gasteiger partial charge in [-0.1, -0.05) is 42.8 Å². The first-order valence-corrected chi connectivity index (χ1v) is 10.8. The summed E-state index contributed by atoms with van der Waals surface area (Å²) in [5.41, 5.74) is 1.29. The molecule has 26 heavy (non-hydrogen) atoms. The first kappa shape index (κ1) is 18.9. The van der Waals surface area contributed by atoms with Crippen LogP contribution in [-0.2, 0) is 15.3 Å². The molecule has 0 saturated heterocycles. The normalized spacial score (nSPS) is 15.5. The molecule has 0 radical (unpaired) electrons. The van der Waals surface area contributed by atoms with Crippen LogP contribution in [0.2, 0.25) is 5.02 Å². The number of hydrogen-bond acceptors (Lipinski definition) is 3. The van der Waals surface area contributed by atoms with E-state index in [-0.39, 0.29) is 27.5 Å². The Hall–Kier alpha value is -1.85. The van der Waals surface area contributed by atoms with Crippen LogP contribution in [0, 0.1) is 0 Å². The van der Waals surface area contributed by atoms with Crippen LogP contribution in [0.4, 0.5) is 0 Å². The van der Waals surface area contributed by atoms with E-state index < -0.39 is 9.84 Å². The van der Waals surface area contributed by atoms with E-state index in [0.29, 0.717) is 18.0 Å². The summed E-state index contributed by atoms with van der Waals surface area (Å²) in [7, 11) is -3.46. The Kier molecular flexibility index (Phi) is 5.39. The number of benzene rings is 2. The topological polar surface area (TPSA) is 63.2 Å². The fourth-order valence-corrected chi connectivity index (χ4v) is 4.84. The molecule has 1 fully saturated rings. The molecule has 3 rings (SSSR count). The number of carbonyl (C=O) groups excluding carboxylic acids is 1. The largest absolute Gasteiger partial charge is 0.351 e. The van der Waals surface area contributed by atoms with Crippen LogP contribution in [0.1, 0.15) is 42.1 Å². The zero-order chi connectivity index (χ0) is 18.8. The Morgan fingerprint density at radius 1 is 1.12 bits per heavy atom. The van der Waals surface area contributed by atoms with Gasteiger partial charge in [0.1, 0.15) is 0 Å². The van der Waals surface area contributed by atoms with E-state index in [2.05, 4.69) is 5.32 Å². The average Bonchev–Trinajstić information content (AvgIpc) is 3.41. The third-order valence-corrected chi connectivity index (χ3v) is 7.06. The second kappa shape index (κ2) is 7.41. The molecule has 0 aromatic heterocycles. The summed E-state index contributed by atoms with van der Waals surface area (Å²) >= 11 is 5.95. The van der Waals surface area contributed by atoms with Gasteiger partial charge in [0, 0.05) is 17.0 Å². The van der Waals surface area contributed by atoms with Crippen molar-refractivity contribution in [2.75, 3.05) is 12.3 Å². The van der Waals surface area contributed by atoms with Crippen LogP contribution in [0.15, 0.2) is 53.4 Å². The zero-order valence-corrected chi connectivity index (χ0v) is 16.2. The second-order valence-corrected chi connectivity index (χ2v) is 9.30. The van der Waals surface area contributed by atoms with Gasteiger partial charge in [0.2, 0.25) is 0 Å². The van der Waals surface area contributed by atoms with Crippen LogP contribution in [0.25, 0.3) is 0 Å². The van der Waals surface area contributed by atoms with Crippen molar-refractivity contribution in [3.8, 4) is 0 Å². The van der Waals surface area contributed by atoms with E-state index in [0.717, 1.165) is 18.4 Å². The van der Waals surface area contributed by atoms with Crippen LogP contribution in [-0.4, -0.2) is 26.6 Å². The lowest BCUT2D eigenvalue weighted by atomic mass is 9.96. The van der Waals surface area contributed by atoms with Gasteiger partial charge in [0.15, 0.2) is 9.84 Å². The summed E-state index contributed by atoms with van der Waals surface area (Å²) in [6.45, 7) is 2.29. The standard InChI is InChI=1S/C20H22ClNO3S/c1-2-13-26(24,25)18-6-4-3-5-17(18)19(23)22-14-20(11-12-20)15-7-9-16(21)10-8-15/h3-10H,2,11-14H2,1H3,(H,22,23). The van der Waals surface area contributed by atoms with Crippen LogP contribution < -0.4 is 5.32 Å². The molecule has 0 aliphatic heterocycles. The highest BCUT2D eigenvalue weighted by molar-refractivity contribution is 7.91. The highest BCUT2D eigenvalue weighted by Gasteiger charge is 2.44. The minimum absolute atomic E-state index is 0.0337. The Morgan fingerprint density at radius 2 is 1.77 bits per heavy atom. The number of amides is 1. The van der Waals surface area contributed by atoms with Gasteiger partial charge >= 0.3 is 0 Å². The molecule has 1 aliphatic carbocycles. The van der Waals surface area contributed by atoms with Gasteiger partial charge in [0.05, 0.1) is 16.2 Å². The first-order valence-electron chi connectivity index (χ1n) is 8.74. The van der Waals surface area contributed by atoms with Gasteiger partial charge in [-0.05, 0) is 49.1 Å². The molecule has 0 spiro atoms. The van der Waals surface area contributed by atoms with Crippen molar-refractivity contribution in [3.63, 3.8) is 0 Å². The van der Waals surface area contributed by atoms with Crippen molar-refractivity contribution in [1.29, 1.82) is 0 Å². The number of rotatable bonds is 7. The van der Waals surface area contributed by atoms with Gasteiger partial charge < -0.3 is 5.32 Å². The van der Waals surface area contributed by atoms with E-state index >= 15 is 0 Å². The van der Waals surface area contributed by atoms with Crippen LogP contribution in [0.3, 0.4) is 0 Å². The van der Waals surface area contributed by atoms with Crippen LogP contribution in [0.5, 0.6) is 0 Å². The lowest BCUT2D eigenvalue weighted by Crippen LogP contribution is -2.33. The van der Waals surface area contributed by atoms with Gasteiger partial charge in [-0.3, -0.25) is 4.79 Å². The molecule has 1 N–H and O–H groups in total. The summed E-state index contributed by atoms with van der Waals surface area (Å²) in [4.78, 5) is 12.8. The molecule has 0 bridgehead atoms. The predicted molar refractivity (Wildman–Crippen MR) is 103 cm³/mol. The molecule has 4 nitrogen and oxygen atoms in total. The Labute approximate surface area is 159 Å². The van der Waals surface area contributed by atoms with Crippen LogP contribution >= 0.6 is 11.6 Å². The minimum atomic E-state index is -3.46. The fourth-order valence-electron chi connectivity index (χ4n) is 3.17. The molecule has 1 saturated carbocycles. The monoisotopic (exact) mass is 391 g/mol. The highest BCUT2D eigenvalue weighted by atomic mass is 35.5. The molecule has 2 aromatic rings. The summed E-state index contributed by atoms with van der Waals surface area (Å²) < 4.78 is 24.9. The molecular formula is C20H22ClNO3S. The lowest BCUT2D eigenvalue weighted by Gasteiger charge is -2.17. The third-order valence-electron chi connectivity index (χ3n) is 4.84. The Bertz CT molecular complexity index is 903. The van der Waals surface area contributed by atoms with Crippen molar-refractivity contribution in [2.45, 2.75) is 36.5 Å². The number of hydrogen-bond donors (Lipinski definition) is 1. The second-order valence-electron chi connectivity index (χ2n) is 6.78.